The van der Waals surface area contributed by atoms with E-state index in [4.69, 9.17) is 27.9 Å². The van der Waals surface area contributed by atoms with E-state index in [0.29, 0.717) is 28.8 Å². The number of carbonyl (C=O) groups is 2. The molecule has 0 radical (unpaired) electrons. The number of ether oxygens (including phenoxy) is 1. The summed E-state index contributed by atoms with van der Waals surface area (Å²) in [4.78, 5) is 26.1. The van der Waals surface area contributed by atoms with Gasteiger partial charge in [0.2, 0.25) is 5.91 Å². The van der Waals surface area contributed by atoms with Crippen LogP contribution < -0.4 is 10.6 Å². The molecule has 0 unspecified atom stereocenters. The number of likely N-dealkylation sites (tertiary alicyclic amines) is 1. The van der Waals surface area contributed by atoms with Gasteiger partial charge in [0.15, 0.2) is 0 Å². The van der Waals surface area contributed by atoms with Gasteiger partial charge in [0.05, 0.1) is 6.54 Å². The molecular weight excluding hydrogens is 389 g/mol. The van der Waals surface area contributed by atoms with Crippen LogP contribution in [-0.2, 0) is 9.53 Å². The summed E-state index contributed by atoms with van der Waals surface area (Å²) in [6.45, 7) is 7.49. The molecule has 0 saturated carbocycles. The predicted molar refractivity (Wildman–Crippen MR) is 108 cm³/mol. The second-order valence-electron chi connectivity index (χ2n) is 7.74. The fraction of sp³-hybridized carbons (Fsp3) is 0.579. The van der Waals surface area contributed by atoms with Crippen LogP contribution >= 0.6 is 23.2 Å². The number of nitrogens with one attached hydrogen (secondary N) is 2. The van der Waals surface area contributed by atoms with Crippen LogP contribution in [0.4, 0.5) is 10.5 Å². The smallest absolute Gasteiger partial charge is 0.407 e. The highest BCUT2D eigenvalue weighted by molar-refractivity contribution is 6.35. The van der Waals surface area contributed by atoms with Crippen LogP contribution in [0, 0.1) is 5.92 Å². The summed E-state index contributed by atoms with van der Waals surface area (Å²) < 4.78 is 5.25. The summed E-state index contributed by atoms with van der Waals surface area (Å²) in [6.07, 6.45) is 1.46. The van der Waals surface area contributed by atoms with E-state index in [9.17, 15) is 9.59 Å². The van der Waals surface area contributed by atoms with E-state index in [2.05, 4.69) is 10.6 Å². The molecule has 1 aliphatic heterocycles. The van der Waals surface area contributed by atoms with Gasteiger partial charge in [-0.3, -0.25) is 4.79 Å². The van der Waals surface area contributed by atoms with E-state index < -0.39 is 11.7 Å². The van der Waals surface area contributed by atoms with Crippen LogP contribution in [-0.4, -0.2) is 48.7 Å². The third-order valence-corrected chi connectivity index (χ3v) is 4.55. The molecule has 0 spiro atoms. The molecular formula is C19H27Cl2N3O3. The fourth-order valence-electron chi connectivity index (χ4n) is 2.95. The number of anilines is 1. The first-order valence-corrected chi connectivity index (χ1v) is 9.82. The molecule has 1 aromatic carbocycles. The van der Waals surface area contributed by atoms with E-state index in [1.165, 1.54) is 0 Å². The maximum atomic E-state index is 12.5. The van der Waals surface area contributed by atoms with E-state index in [1.54, 1.807) is 18.2 Å². The maximum absolute atomic E-state index is 12.5. The fourth-order valence-corrected chi connectivity index (χ4v) is 3.47. The van der Waals surface area contributed by atoms with E-state index in [1.807, 2.05) is 25.7 Å². The SMILES string of the molecule is CC(C)(C)OC(=O)NC[C@@H]1CCCN(C(=O)CNc2cc(Cl)cc(Cl)c2)C1. The second kappa shape index (κ2) is 9.51. The van der Waals surface area contributed by atoms with Crippen LogP contribution in [0.5, 0.6) is 0 Å². The lowest BCUT2D eigenvalue weighted by Gasteiger charge is -2.33. The van der Waals surface area contributed by atoms with E-state index in [0.717, 1.165) is 19.4 Å². The molecule has 27 heavy (non-hydrogen) atoms. The zero-order valence-corrected chi connectivity index (χ0v) is 17.5. The minimum atomic E-state index is -0.520. The molecule has 1 aliphatic rings. The van der Waals surface area contributed by atoms with Crippen LogP contribution in [0.15, 0.2) is 18.2 Å². The highest BCUT2D eigenvalue weighted by Gasteiger charge is 2.24. The van der Waals surface area contributed by atoms with Gasteiger partial charge in [-0.15, -0.1) is 0 Å². The van der Waals surface area contributed by atoms with Gasteiger partial charge in [-0.2, -0.15) is 0 Å². The molecule has 0 aromatic heterocycles. The quantitative estimate of drug-likeness (QED) is 0.756. The summed E-state index contributed by atoms with van der Waals surface area (Å²) in [5, 5.41) is 6.89. The van der Waals surface area contributed by atoms with Gasteiger partial charge in [-0.25, -0.2) is 4.79 Å². The summed E-state index contributed by atoms with van der Waals surface area (Å²) in [6, 6.07) is 5.10. The van der Waals surface area contributed by atoms with Crippen molar-refractivity contribution in [3.8, 4) is 0 Å². The minimum Gasteiger partial charge on any atom is -0.444 e. The zero-order chi connectivity index (χ0) is 20.0. The molecule has 0 bridgehead atoms. The van der Waals surface area contributed by atoms with Gasteiger partial charge in [0.1, 0.15) is 5.60 Å². The Morgan fingerprint density at radius 2 is 1.89 bits per heavy atom. The molecule has 1 aromatic rings. The number of carbonyl (C=O) groups excluding carboxylic acids is 2. The number of nitrogens with zero attached hydrogens (tertiary/aromatic N) is 1. The van der Waals surface area contributed by atoms with Crippen LogP contribution in [0.2, 0.25) is 10.0 Å². The molecule has 8 heteroatoms. The number of piperidine rings is 1. The molecule has 2 rings (SSSR count). The summed E-state index contributed by atoms with van der Waals surface area (Å²) in [5.41, 5.74) is 0.189. The first-order valence-electron chi connectivity index (χ1n) is 9.07. The monoisotopic (exact) mass is 415 g/mol. The van der Waals surface area contributed by atoms with Crippen LogP contribution in [0.3, 0.4) is 0 Å². The number of benzene rings is 1. The summed E-state index contributed by atoms with van der Waals surface area (Å²) >= 11 is 11.9. The number of hydrogen-bond donors (Lipinski definition) is 2. The minimum absolute atomic E-state index is 0.00747. The van der Waals surface area contributed by atoms with Crippen molar-refractivity contribution in [3.05, 3.63) is 28.2 Å². The van der Waals surface area contributed by atoms with Crippen molar-refractivity contribution in [2.75, 3.05) is 31.5 Å². The van der Waals surface area contributed by atoms with Crippen molar-refractivity contribution >= 4 is 40.9 Å². The predicted octanol–water partition coefficient (Wildman–Crippen LogP) is 4.17. The largest absolute Gasteiger partial charge is 0.444 e. The van der Waals surface area contributed by atoms with Crippen molar-refractivity contribution in [3.63, 3.8) is 0 Å². The van der Waals surface area contributed by atoms with Crippen molar-refractivity contribution < 1.29 is 14.3 Å². The third kappa shape index (κ3) is 7.85. The highest BCUT2D eigenvalue weighted by atomic mass is 35.5. The Labute approximate surface area is 170 Å². The van der Waals surface area contributed by atoms with Crippen LogP contribution in [0.1, 0.15) is 33.6 Å². The first kappa shape index (κ1) is 21.6. The zero-order valence-electron chi connectivity index (χ0n) is 16.0. The lowest BCUT2D eigenvalue weighted by atomic mass is 9.98. The molecule has 2 N–H and O–H groups in total. The Morgan fingerprint density at radius 1 is 1.22 bits per heavy atom. The first-order chi connectivity index (χ1) is 12.6. The van der Waals surface area contributed by atoms with Crippen molar-refractivity contribution in [2.45, 2.75) is 39.2 Å². The van der Waals surface area contributed by atoms with E-state index >= 15 is 0 Å². The Morgan fingerprint density at radius 3 is 2.52 bits per heavy atom. The highest BCUT2D eigenvalue weighted by Crippen LogP contribution is 2.22. The Bertz CT molecular complexity index is 656. The summed E-state index contributed by atoms with van der Waals surface area (Å²) in [5.74, 6) is 0.226. The van der Waals surface area contributed by atoms with Crippen molar-refractivity contribution in [1.29, 1.82) is 0 Å². The standard InChI is InChI=1S/C19H27Cl2N3O3/c1-19(2,3)27-18(26)23-10-13-5-4-6-24(12-13)17(25)11-22-16-8-14(20)7-15(21)9-16/h7-9,13,22H,4-6,10-12H2,1-3H3,(H,23,26)/t13-/m0/s1. The Hall–Kier alpha value is -1.66. The molecule has 1 fully saturated rings. The number of amides is 2. The Balaban J connectivity index is 1.79. The second-order valence-corrected chi connectivity index (χ2v) is 8.62. The molecule has 0 aliphatic carbocycles. The van der Waals surface area contributed by atoms with Crippen molar-refractivity contribution in [2.24, 2.45) is 5.92 Å². The molecule has 1 saturated heterocycles. The van der Waals surface area contributed by atoms with Gasteiger partial charge in [-0.05, 0) is 57.7 Å². The normalized spacial score (nSPS) is 17.4. The van der Waals surface area contributed by atoms with Crippen molar-refractivity contribution in [1.82, 2.24) is 10.2 Å². The molecule has 1 atom stereocenters. The van der Waals surface area contributed by atoms with Gasteiger partial charge in [-0.1, -0.05) is 23.2 Å². The lowest BCUT2D eigenvalue weighted by Crippen LogP contribution is -2.46. The van der Waals surface area contributed by atoms with Gasteiger partial charge in [0, 0.05) is 35.4 Å². The summed E-state index contributed by atoms with van der Waals surface area (Å²) in [7, 11) is 0. The lowest BCUT2D eigenvalue weighted by molar-refractivity contribution is -0.131. The molecule has 150 valence electrons. The van der Waals surface area contributed by atoms with Gasteiger partial charge < -0.3 is 20.3 Å². The average Bonchev–Trinajstić information content (AvgIpc) is 2.56. The van der Waals surface area contributed by atoms with Gasteiger partial charge >= 0.3 is 6.09 Å². The third-order valence-electron chi connectivity index (χ3n) is 4.11. The number of rotatable bonds is 5. The maximum Gasteiger partial charge on any atom is 0.407 e. The molecule has 1 heterocycles. The average molecular weight is 416 g/mol. The van der Waals surface area contributed by atoms with Gasteiger partial charge in [0.25, 0.3) is 0 Å². The number of alkyl carbamates (subject to hydrolysis) is 1. The number of halogens is 2. The topological polar surface area (TPSA) is 70.7 Å². The van der Waals surface area contributed by atoms with E-state index in [-0.39, 0.29) is 18.4 Å². The Kier molecular flexibility index (Phi) is 7.62. The molecule has 2 amide bonds. The van der Waals surface area contributed by atoms with Crippen LogP contribution in [0.25, 0.3) is 0 Å². The molecule has 6 nitrogen and oxygen atoms in total. The number of hydrogen-bond acceptors (Lipinski definition) is 4.